The lowest BCUT2D eigenvalue weighted by Gasteiger charge is -2.06. The molecule has 192 valence electrons. The first-order chi connectivity index (χ1) is 15.7. The minimum Gasteiger partial charge on any atom is -0.466 e. The van der Waals surface area contributed by atoms with Gasteiger partial charge in [-0.3, -0.25) is 4.79 Å². The summed E-state index contributed by atoms with van der Waals surface area (Å²) in [5.41, 5.74) is 0. The molecule has 0 heterocycles. The van der Waals surface area contributed by atoms with E-state index in [-0.39, 0.29) is 5.97 Å². The van der Waals surface area contributed by atoms with Gasteiger partial charge in [-0.25, -0.2) is 0 Å². The molecular weight excluding hydrogens is 392 g/mol. The van der Waals surface area contributed by atoms with Crippen molar-refractivity contribution in [2.24, 2.45) is 5.92 Å². The Bertz CT molecular complexity index is 364. The van der Waals surface area contributed by atoms with Crippen molar-refractivity contribution in [3.63, 3.8) is 0 Å². The van der Waals surface area contributed by atoms with Crippen LogP contribution in [0.4, 0.5) is 0 Å². The number of unbranched alkanes of at least 4 members (excludes halogenated alkanes) is 20. The Morgan fingerprint density at radius 3 is 1.34 bits per heavy atom. The average Bonchev–Trinajstić information content (AvgIpc) is 2.77. The van der Waals surface area contributed by atoms with Gasteiger partial charge in [-0.15, -0.1) is 0 Å². The van der Waals surface area contributed by atoms with Gasteiger partial charge in [0.05, 0.1) is 6.61 Å². The molecule has 0 unspecified atom stereocenters. The van der Waals surface area contributed by atoms with E-state index in [0.717, 1.165) is 18.8 Å². The number of esters is 1. The van der Waals surface area contributed by atoms with E-state index < -0.39 is 0 Å². The Balaban J connectivity index is 3.15. The lowest BCUT2D eigenvalue weighted by atomic mass is 10.0. The highest BCUT2D eigenvalue weighted by atomic mass is 16.5. The van der Waals surface area contributed by atoms with E-state index in [1.807, 2.05) is 0 Å². The Kier molecular flexibility index (Phi) is 26.3. The van der Waals surface area contributed by atoms with Crippen molar-refractivity contribution in [3.05, 3.63) is 0 Å². The third-order valence-corrected chi connectivity index (χ3v) is 6.67. The van der Waals surface area contributed by atoms with Gasteiger partial charge >= 0.3 is 5.97 Å². The summed E-state index contributed by atoms with van der Waals surface area (Å²) in [6.45, 7) is 7.55. The maximum absolute atomic E-state index is 11.8. The van der Waals surface area contributed by atoms with Gasteiger partial charge in [0.2, 0.25) is 0 Å². The number of rotatable bonds is 26. The van der Waals surface area contributed by atoms with E-state index in [1.165, 1.54) is 135 Å². The number of hydrogen-bond donors (Lipinski definition) is 0. The van der Waals surface area contributed by atoms with Crippen LogP contribution >= 0.6 is 0 Å². The van der Waals surface area contributed by atoms with E-state index in [1.54, 1.807) is 0 Å². The first kappa shape index (κ1) is 31.5. The molecule has 0 fully saturated rings. The van der Waals surface area contributed by atoms with Crippen molar-refractivity contribution in [1.29, 1.82) is 0 Å². The normalized spacial score (nSPS) is 11.4. The summed E-state index contributed by atoms with van der Waals surface area (Å²) >= 11 is 0. The molecule has 0 saturated heterocycles. The predicted molar refractivity (Wildman–Crippen MR) is 142 cm³/mol. The molecule has 0 saturated carbocycles. The van der Waals surface area contributed by atoms with Gasteiger partial charge < -0.3 is 4.74 Å². The lowest BCUT2D eigenvalue weighted by molar-refractivity contribution is -0.143. The van der Waals surface area contributed by atoms with E-state index in [9.17, 15) is 4.79 Å². The second kappa shape index (κ2) is 26.7. The Morgan fingerprint density at radius 2 is 0.906 bits per heavy atom. The van der Waals surface area contributed by atoms with Crippen LogP contribution in [0.2, 0.25) is 0 Å². The lowest BCUT2D eigenvalue weighted by Crippen LogP contribution is -2.05. The van der Waals surface area contributed by atoms with Crippen LogP contribution in [0, 0.1) is 5.92 Å². The van der Waals surface area contributed by atoms with Crippen molar-refractivity contribution >= 4 is 5.97 Å². The zero-order chi connectivity index (χ0) is 23.5. The van der Waals surface area contributed by atoms with Crippen molar-refractivity contribution in [3.8, 4) is 0 Å². The number of hydrogen-bond acceptors (Lipinski definition) is 2. The topological polar surface area (TPSA) is 26.3 Å². The van der Waals surface area contributed by atoms with E-state index >= 15 is 0 Å². The predicted octanol–water partition coefficient (Wildman–Crippen LogP) is 10.6. The van der Waals surface area contributed by atoms with E-state index in [0.29, 0.717) is 13.0 Å². The van der Waals surface area contributed by atoms with Crippen LogP contribution in [-0.4, -0.2) is 12.6 Å². The SMILES string of the molecule is CCCCCCCCCCCCCC(=O)OCCCCCCCCCCCCCC(C)C. The van der Waals surface area contributed by atoms with Gasteiger partial charge in [0.25, 0.3) is 0 Å². The molecular formula is C30H60O2. The van der Waals surface area contributed by atoms with Gasteiger partial charge in [-0.1, -0.05) is 156 Å². The van der Waals surface area contributed by atoms with Crippen molar-refractivity contribution in [2.75, 3.05) is 6.61 Å². The molecule has 0 aromatic rings. The van der Waals surface area contributed by atoms with Crippen molar-refractivity contribution in [1.82, 2.24) is 0 Å². The fourth-order valence-electron chi connectivity index (χ4n) is 4.44. The summed E-state index contributed by atoms with van der Waals surface area (Å²) in [6, 6.07) is 0. The number of carbonyl (C=O) groups excluding carboxylic acids is 1. The van der Waals surface area contributed by atoms with Crippen molar-refractivity contribution < 1.29 is 9.53 Å². The molecule has 0 N–H and O–H groups in total. The molecule has 0 amide bonds. The van der Waals surface area contributed by atoms with Gasteiger partial charge in [0.1, 0.15) is 0 Å². The number of carbonyl (C=O) groups is 1. The Hall–Kier alpha value is -0.530. The van der Waals surface area contributed by atoms with Crippen LogP contribution in [0.1, 0.15) is 175 Å². The smallest absolute Gasteiger partial charge is 0.305 e. The first-order valence-electron chi connectivity index (χ1n) is 14.8. The highest BCUT2D eigenvalue weighted by Gasteiger charge is 2.02. The summed E-state index contributed by atoms with van der Waals surface area (Å²) in [4.78, 5) is 11.8. The van der Waals surface area contributed by atoms with E-state index in [4.69, 9.17) is 4.74 Å². The molecule has 0 spiro atoms. The molecule has 32 heavy (non-hydrogen) atoms. The van der Waals surface area contributed by atoms with Crippen LogP contribution in [0.5, 0.6) is 0 Å². The molecule has 2 heteroatoms. The summed E-state index contributed by atoms with van der Waals surface area (Å²) in [6.07, 6.45) is 31.3. The fraction of sp³-hybridized carbons (Fsp3) is 0.967. The molecule has 0 rings (SSSR count). The molecule has 0 atom stereocenters. The Labute approximate surface area is 203 Å². The quantitative estimate of drug-likeness (QED) is 0.0963. The monoisotopic (exact) mass is 452 g/mol. The van der Waals surface area contributed by atoms with Crippen LogP contribution in [-0.2, 0) is 9.53 Å². The van der Waals surface area contributed by atoms with E-state index in [2.05, 4.69) is 20.8 Å². The molecule has 2 nitrogen and oxygen atoms in total. The van der Waals surface area contributed by atoms with Crippen LogP contribution < -0.4 is 0 Å². The highest BCUT2D eigenvalue weighted by molar-refractivity contribution is 5.69. The summed E-state index contributed by atoms with van der Waals surface area (Å²) in [5, 5.41) is 0. The van der Waals surface area contributed by atoms with Crippen LogP contribution in [0.25, 0.3) is 0 Å². The fourth-order valence-corrected chi connectivity index (χ4v) is 4.44. The second-order valence-corrected chi connectivity index (χ2v) is 10.6. The van der Waals surface area contributed by atoms with Crippen LogP contribution in [0.15, 0.2) is 0 Å². The first-order valence-corrected chi connectivity index (χ1v) is 14.8. The third kappa shape index (κ3) is 27.5. The maximum atomic E-state index is 11.8. The molecule has 0 bridgehead atoms. The zero-order valence-corrected chi connectivity index (χ0v) is 22.6. The minimum absolute atomic E-state index is 0.0225. The summed E-state index contributed by atoms with van der Waals surface area (Å²) in [7, 11) is 0. The average molecular weight is 453 g/mol. The summed E-state index contributed by atoms with van der Waals surface area (Å²) in [5.74, 6) is 0.891. The molecule has 0 aromatic carbocycles. The van der Waals surface area contributed by atoms with Gasteiger partial charge in [-0.2, -0.15) is 0 Å². The molecule has 0 aliphatic heterocycles. The van der Waals surface area contributed by atoms with Crippen LogP contribution in [0.3, 0.4) is 0 Å². The van der Waals surface area contributed by atoms with Gasteiger partial charge in [0, 0.05) is 6.42 Å². The molecule has 0 aliphatic rings. The highest BCUT2D eigenvalue weighted by Crippen LogP contribution is 2.14. The maximum Gasteiger partial charge on any atom is 0.305 e. The number of ether oxygens (including phenoxy) is 1. The van der Waals surface area contributed by atoms with Crippen molar-refractivity contribution in [2.45, 2.75) is 175 Å². The molecule has 0 radical (unpaired) electrons. The standard InChI is InChI=1S/C30H60O2/c1-4-5-6-7-8-9-11-15-18-21-24-27-30(31)32-28-25-22-19-16-13-10-12-14-17-20-23-26-29(2)3/h29H,4-28H2,1-3H3. The van der Waals surface area contributed by atoms with Gasteiger partial charge in [0.15, 0.2) is 0 Å². The zero-order valence-electron chi connectivity index (χ0n) is 22.6. The summed E-state index contributed by atoms with van der Waals surface area (Å²) < 4.78 is 5.40. The largest absolute Gasteiger partial charge is 0.466 e. The van der Waals surface area contributed by atoms with Gasteiger partial charge in [-0.05, 0) is 18.8 Å². The molecule has 0 aliphatic carbocycles. The third-order valence-electron chi connectivity index (χ3n) is 6.67. The second-order valence-electron chi connectivity index (χ2n) is 10.6. The molecule has 0 aromatic heterocycles. The Morgan fingerprint density at radius 1 is 0.531 bits per heavy atom. The minimum atomic E-state index is 0.0225.